The third-order valence-electron chi connectivity index (χ3n) is 3.94. The molecule has 5 heteroatoms. The Bertz CT molecular complexity index is 496. The molecule has 1 heterocycles. The van der Waals surface area contributed by atoms with Crippen LogP contribution in [0.5, 0.6) is 0 Å². The zero-order valence-corrected chi connectivity index (χ0v) is 11.8. The van der Waals surface area contributed by atoms with Gasteiger partial charge in [0.2, 0.25) is 0 Å². The predicted molar refractivity (Wildman–Crippen MR) is 73.6 cm³/mol. The summed E-state index contributed by atoms with van der Waals surface area (Å²) in [5.74, 6) is -0.504. The molecule has 1 aliphatic rings. The molecule has 1 aromatic rings. The molecule has 0 bridgehead atoms. The standard InChI is InChI=1S/C14H21N3O2/c1-4-9-10(5-2)16-17-12(11(9)13(18)19)15-14(3)7-6-8-14/h4-8H2,1-3H3,(H,15,17)(H,18,19). The lowest BCUT2D eigenvalue weighted by Crippen LogP contribution is -2.42. The first-order valence-electron chi connectivity index (χ1n) is 6.90. The van der Waals surface area contributed by atoms with Crippen molar-refractivity contribution in [3.8, 4) is 0 Å². The number of hydrogen-bond acceptors (Lipinski definition) is 4. The van der Waals surface area contributed by atoms with Crippen LogP contribution in [0.3, 0.4) is 0 Å². The van der Waals surface area contributed by atoms with Crippen LogP contribution in [0.2, 0.25) is 0 Å². The molecule has 1 aromatic heterocycles. The van der Waals surface area contributed by atoms with E-state index in [1.165, 1.54) is 6.42 Å². The quantitative estimate of drug-likeness (QED) is 0.854. The van der Waals surface area contributed by atoms with Gasteiger partial charge >= 0.3 is 5.97 Å². The van der Waals surface area contributed by atoms with Gasteiger partial charge in [0, 0.05) is 5.54 Å². The summed E-state index contributed by atoms with van der Waals surface area (Å²) in [5, 5.41) is 21.0. The Hall–Kier alpha value is -1.65. The van der Waals surface area contributed by atoms with Gasteiger partial charge in [0.15, 0.2) is 5.82 Å². The largest absolute Gasteiger partial charge is 0.478 e. The summed E-state index contributed by atoms with van der Waals surface area (Å²) in [6, 6.07) is 0. The monoisotopic (exact) mass is 263 g/mol. The van der Waals surface area contributed by atoms with E-state index in [2.05, 4.69) is 22.4 Å². The van der Waals surface area contributed by atoms with Crippen LogP contribution in [0, 0.1) is 0 Å². The molecule has 0 aliphatic heterocycles. The Labute approximate surface area is 113 Å². The SMILES string of the molecule is CCc1nnc(NC2(C)CCC2)c(C(=O)O)c1CC. The summed E-state index contributed by atoms with van der Waals surface area (Å²) in [6.07, 6.45) is 4.63. The second kappa shape index (κ2) is 5.15. The molecule has 0 aromatic carbocycles. The Morgan fingerprint density at radius 1 is 1.32 bits per heavy atom. The number of carbonyl (C=O) groups is 1. The van der Waals surface area contributed by atoms with Crippen LogP contribution >= 0.6 is 0 Å². The number of aromatic nitrogens is 2. The fourth-order valence-corrected chi connectivity index (χ4v) is 2.61. The Morgan fingerprint density at radius 3 is 2.42 bits per heavy atom. The van der Waals surface area contributed by atoms with E-state index in [4.69, 9.17) is 0 Å². The van der Waals surface area contributed by atoms with Gasteiger partial charge in [-0.2, -0.15) is 5.10 Å². The van der Waals surface area contributed by atoms with Crippen molar-refractivity contribution in [1.29, 1.82) is 0 Å². The highest BCUT2D eigenvalue weighted by Gasteiger charge is 2.34. The predicted octanol–water partition coefficient (Wildman–Crippen LogP) is 2.65. The summed E-state index contributed by atoms with van der Waals surface area (Å²) in [5.41, 5.74) is 1.85. The van der Waals surface area contributed by atoms with Gasteiger partial charge in [0.1, 0.15) is 5.56 Å². The lowest BCUT2D eigenvalue weighted by atomic mass is 9.78. The average molecular weight is 263 g/mol. The van der Waals surface area contributed by atoms with Gasteiger partial charge in [-0.3, -0.25) is 0 Å². The molecule has 104 valence electrons. The van der Waals surface area contributed by atoms with Crippen molar-refractivity contribution >= 4 is 11.8 Å². The van der Waals surface area contributed by atoms with E-state index in [0.717, 1.165) is 24.1 Å². The lowest BCUT2D eigenvalue weighted by molar-refractivity contribution is 0.0695. The summed E-state index contributed by atoms with van der Waals surface area (Å²) in [6.45, 7) is 6.02. The highest BCUT2D eigenvalue weighted by Crippen LogP contribution is 2.35. The molecule has 0 unspecified atom stereocenters. The maximum atomic E-state index is 11.6. The number of rotatable bonds is 5. The maximum Gasteiger partial charge on any atom is 0.339 e. The van der Waals surface area contributed by atoms with E-state index >= 15 is 0 Å². The Morgan fingerprint density at radius 2 is 2.00 bits per heavy atom. The molecule has 19 heavy (non-hydrogen) atoms. The zero-order chi connectivity index (χ0) is 14.0. The molecular formula is C14H21N3O2. The normalized spacial score (nSPS) is 16.8. The first-order chi connectivity index (χ1) is 9.00. The van der Waals surface area contributed by atoms with Crippen LogP contribution in [0.15, 0.2) is 0 Å². The van der Waals surface area contributed by atoms with E-state index < -0.39 is 5.97 Å². The molecule has 0 amide bonds. The Kier molecular flexibility index (Phi) is 3.73. The number of nitrogens with one attached hydrogen (secondary N) is 1. The lowest BCUT2D eigenvalue weighted by Gasteiger charge is -2.39. The molecule has 1 fully saturated rings. The van der Waals surface area contributed by atoms with E-state index in [-0.39, 0.29) is 5.54 Å². The third kappa shape index (κ3) is 2.55. The van der Waals surface area contributed by atoms with Crippen LogP contribution in [-0.2, 0) is 12.8 Å². The number of nitrogens with zero attached hydrogens (tertiary/aromatic N) is 2. The number of aromatic carboxylic acids is 1. The van der Waals surface area contributed by atoms with Gasteiger partial charge < -0.3 is 10.4 Å². The van der Waals surface area contributed by atoms with E-state index in [9.17, 15) is 9.90 Å². The minimum atomic E-state index is -0.924. The highest BCUT2D eigenvalue weighted by atomic mass is 16.4. The minimum absolute atomic E-state index is 0.0301. The van der Waals surface area contributed by atoms with Crippen molar-refractivity contribution in [3.63, 3.8) is 0 Å². The van der Waals surface area contributed by atoms with Crippen molar-refractivity contribution < 1.29 is 9.90 Å². The molecule has 0 saturated heterocycles. The number of aryl methyl sites for hydroxylation is 1. The first-order valence-corrected chi connectivity index (χ1v) is 6.90. The third-order valence-corrected chi connectivity index (χ3v) is 3.94. The number of hydrogen-bond donors (Lipinski definition) is 2. The van der Waals surface area contributed by atoms with Gasteiger partial charge in [-0.1, -0.05) is 13.8 Å². The van der Waals surface area contributed by atoms with Gasteiger partial charge in [-0.15, -0.1) is 5.10 Å². The minimum Gasteiger partial charge on any atom is -0.478 e. The maximum absolute atomic E-state index is 11.6. The van der Waals surface area contributed by atoms with Crippen LogP contribution < -0.4 is 5.32 Å². The summed E-state index contributed by atoms with van der Waals surface area (Å²) in [7, 11) is 0. The summed E-state index contributed by atoms with van der Waals surface area (Å²) >= 11 is 0. The van der Waals surface area contributed by atoms with Crippen LogP contribution in [-0.4, -0.2) is 26.8 Å². The van der Waals surface area contributed by atoms with Gasteiger partial charge in [-0.05, 0) is 44.6 Å². The summed E-state index contributed by atoms with van der Waals surface area (Å²) in [4.78, 5) is 11.6. The fraction of sp³-hybridized carbons (Fsp3) is 0.643. The molecule has 0 radical (unpaired) electrons. The fourth-order valence-electron chi connectivity index (χ4n) is 2.61. The van der Waals surface area contributed by atoms with Gasteiger partial charge in [0.25, 0.3) is 0 Å². The molecule has 1 aliphatic carbocycles. The average Bonchev–Trinajstić information content (AvgIpc) is 2.35. The van der Waals surface area contributed by atoms with Crippen LogP contribution in [0.4, 0.5) is 5.82 Å². The molecule has 5 nitrogen and oxygen atoms in total. The van der Waals surface area contributed by atoms with E-state index in [1.807, 2.05) is 13.8 Å². The zero-order valence-electron chi connectivity index (χ0n) is 11.8. The number of carboxylic acid groups (broad SMARTS) is 1. The van der Waals surface area contributed by atoms with Gasteiger partial charge in [-0.25, -0.2) is 4.79 Å². The molecular weight excluding hydrogens is 242 g/mol. The number of carboxylic acids is 1. The van der Waals surface area contributed by atoms with Crippen LogP contribution in [0.25, 0.3) is 0 Å². The molecule has 0 atom stereocenters. The molecule has 1 saturated carbocycles. The molecule has 0 spiro atoms. The second-order valence-electron chi connectivity index (χ2n) is 5.40. The summed E-state index contributed by atoms with van der Waals surface area (Å²) < 4.78 is 0. The van der Waals surface area contributed by atoms with Crippen molar-refractivity contribution in [2.24, 2.45) is 0 Å². The first kappa shape index (κ1) is 13.8. The van der Waals surface area contributed by atoms with E-state index in [1.54, 1.807) is 0 Å². The van der Waals surface area contributed by atoms with Crippen molar-refractivity contribution in [2.75, 3.05) is 5.32 Å². The molecule has 2 rings (SSSR count). The molecule has 2 N–H and O–H groups in total. The topological polar surface area (TPSA) is 75.1 Å². The van der Waals surface area contributed by atoms with E-state index in [0.29, 0.717) is 24.2 Å². The number of anilines is 1. The Balaban J connectivity index is 2.45. The van der Waals surface area contributed by atoms with Gasteiger partial charge in [0.05, 0.1) is 5.69 Å². The van der Waals surface area contributed by atoms with Crippen molar-refractivity contribution in [3.05, 3.63) is 16.8 Å². The second-order valence-corrected chi connectivity index (χ2v) is 5.40. The van der Waals surface area contributed by atoms with Crippen LogP contribution in [0.1, 0.15) is 61.6 Å². The van der Waals surface area contributed by atoms with Crippen molar-refractivity contribution in [2.45, 2.75) is 58.4 Å². The highest BCUT2D eigenvalue weighted by molar-refractivity contribution is 5.95. The smallest absolute Gasteiger partial charge is 0.339 e. The van der Waals surface area contributed by atoms with Crippen molar-refractivity contribution in [1.82, 2.24) is 10.2 Å².